The fourth-order valence-corrected chi connectivity index (χ4v) is 2.36. The van der Waals surface area contributed by atoms with E-state index in [4.69, 9.17) is 9.84 Å². The molecule has 1 aromatic carbocycles. The molecule has 0 aliphatic heterocycles. The molecule has 96 valence electrons. The summed E-state index contributed by atoms with van der Waals surface area (Å²) in [6.45, 7) is 3.75. The molecule has 0 amide bonds. The maximum Gasteiger partial charge on any atom is 0.310 e. The molecule has 4 heteroatoms. The Bertz CT molecular complexity index is 464. The Hall–Kier alpha value is -1.84. The van der Waals surface area contributed by atoms with E-state index in [2.05, 4.69) is 0 Å². The Kier molecular flexibility index (Phi) is 3.11. The molecule has 2 atom stereocenters. The van der Waals surface area contributed by atoms with Crippen molar-refractivity contribution in [1.82, 2.24) is 0 Å². The second-order valence-electron chi connectivity index (χ2n) is 5.21. The maximum atomic E-state index is 11.8. The normalized spacial score (nSPS) is 24.3. The molecule has 0 aromatic heterocycles. The summed E-state index contributed by atoms with van der Waals surface area (Å²) in [5, 5.41) is 8.99. The minimum Gasteiger partial charge on any atom is -0.481 e. The van der Waals surface area contributed by atoms with Crippen molar-refractivity contribution in [2.75, 3.05) is 0 Å². The highest BCUT2D eigenvalue weighted by atomic mass is 16.5. The van der Waals surface area contributed by atoms with Crippen molar-refractivity contribution in [1.29, 1.82) is 0 Å². The Labute approximate surface area is 106 Å². The van der Waals surface area contributed by atoms with Gasteiger partial charge in [-0.05, 0) is 11.0 Å². The smallest absolute Gasteiger partial charge is 0.310 e. The van der Waals surface area contributed by atoms with Crippen LogP contribution in [0, 0.1) is 17.3 Å². The third-order valence-corrected chi connectivity index (χ3v) is 3.57. The van der Waals surface area contributed by atoms with Crippen LogP contribution in [0.3, 0.4) is 0 Å². The van der Waals surface area contributed by atoms with Crippen LogP contribution in [-0.4, -0.2) is 17.0 Å². The molecule has 4 nitrogen and oxygen atoms in total. The quantitative estimate of drug-likeness (QED) is 0.829. The molecular weight excluding hydrogens is 232 g/mol. The van der Waals surface area contributed by atoms with Crippen LogP contribution >= 0.6 is 0 Å². The van der Waals surface area contributed by atoms with Gasteiger partial charge in [0.05, 0.1) is 11.8 Å². The molecule has 18 heavy (non-hydrogen) atoms. The molecule has 1 aliphatic carbocycles. The molecule has 1 aromatic rings. The molecule has 1 saturated carbocycles. The van der Waals surface area contributed by atoms with Crippen molar-refractivity contribution in [3.63, 3.8) is 0 Å². The molecule has 0 radical (unpaired) electrons. The first-order chi connectivity index (χ1) is 8.44. The lowest BCUT2D eigenvalue weighted by Gasteiger charge is -2.05. The number of carboxylic acid groups (broad SMARTS) is 1. The zero-order valence-corrected chi connectivity index (χ0v) is 10.4. The minimum absolute atomic E-state index is 0.193. The van der Waals surface area contributed by atoms with Crippen molar-refractivity contribution in [2.24, 2.45) is 17.3 Å². The van der Waals surface area contributed by atoms with Crippen LogP contribution in [0.4, 0.5) is 0 Å². The predicted octanol–water partition coefficient (Wildman–Crippen LogP) is 2.09. The number of rotatable bonds is 4. The van der Waals surface area contributed by atoms with Gasteiger partial charge in [-0.25, -0.2) is 0 Å². The van der Waals surface area contributed by atoms with E-state index in [1.165, 1.54) is 0 Å². The topological polar surface area (TPSA) is 63.6 Å². The van der Waals surface area contributed by atoms with Crippen molar-refractivity contribution in [3.05, 3.63) is 35.9 Å². The molecule has 0 spiro atoms. The van der Waals surface area contributed by atoms with Gasteiger partial charge in [0.2, 0.25) is 0 Å². The molecule has 0 heterocycles. The predicted molar refractivity (Wildman–Crippen MR) is 64.6 cm³/mol. The zero-order valence-electron chi connectivity index (χ0n) is 10.4. The van der Waals surface area contributed by atoms with E-state index < -0.39 is 29.2 Å². The summed E-state index contributed by atoms with van der Waals surface area (Å²) < 4.78 is 5.17. The Morgan fingerprint density at radius 1 is 1.22 bits per heavy atom. The molecular formula is C14H16O4. The van der Waals surface area contributed by atoms with Crippen molar-refractivity contribution in [3.8, 4) is 0 Å². The van der Waals surface area contributed by atoms with Gasteiger partial charge < -0.3 is 9.84 Å². The van der Waals surface area contributed by atoms with E-state index in [9.17, 15) is 9.59 Å². The first kappa shape index (κ1) is 12.6. The van der Waals surface area contributed by atoms with Gasteiger partial charge in [0.25, 0.3) is 0 Å². The number of hydrogen-bond acceptors (Lipinski definition) is 3. The number of benzene rings is 1. The molecule has 1 N–H and O–H groups in total. The molecule has 2 rings (SSSR count). The lowest BCUT2D eigenvalue weighted by molar-refractivity contribution is -0.150. The molecule has 1 fully saturated rings. The van der Waals surface area contributed by atoms with Crippen LogP contribution in [0.15, 0.2) is 30.3 Å². The maximum absolute atomic E-state index is 11.8. The summed E-state index contributed by atoms with van der Waals surface area (Å²) in [4.78, 5) is 22.8. The average molecular weight is 248 g/mol. The average Bonchev–Trinajstić information content (AvgIpc) is 2.91. The third kappa shape index (κ3) is 2.23. The minimum atomic E-state index is -0.929. The summed E-state index contributed by atoms with van der Waals surface area (Å²) in [7, 11) is 0. The van der Waals surface area contributed by atoms with E-state index in [0.717, 1.165) is 5.56 Å². The van der Waals surface area contributed by atoms with Crippen LogP contribution in [0.1, 0.15) is 19.4 Å². The summed E-state index contributed by atoms with van der Waals surface area (Å²) in [6, 6.07) is 9.34. The number of aliphatic carboxylic acids is 1. The number of hydrogen-bond donors (Lipinski definition) is 1. The Balaban J connectivity index is 1.93. The van der Waals surface area contributed by atoms with E-state index in [0.29, 0.717) is 0 Å². The number of esters is 1. The lowest BCUT2D eigenvalue weighted by atomic mass is 10.1. The zero-order chi connectivity index (χ0) is 13.3. The van der Waals surface area contributed by atoms with E-state index in [-0.39, 0.29) is 6.61 Å². The largest absolute Gasteiger partial charge is 0.481 e. The standard InChI is InChI=1S/C14H16O4/c1-14(2)10(12(15)16)11(14)13(17)18-8-9-6-4-3-5-7-9/h3-7,10-11H,8H2,1-2H3,(H,15,16)/t10-,11+/m1/s1. The fourth-order valence-electron chi connectivity index (χ4n) is 2.36. The van der Waals surface area contributed by atoms with E-state index in [1.807, 2.05) is 30.3 Å². The van der Waals surface area contributed by atoms with Crippen LogP contribution in [0.25, 0.3) is 0 Å². The number of ether oxygens (including phenoxy) is 1. The Morgan fingerprint density at radius 3 is 2.33 bits per heavy atom. The van der Waals surface area contributed by atoms with Crippen molar-refractivity contribution < 1.29 is 19.4 Å². The van der Waals surface area contributed by atoms with Gasteiger partial charge in [-0.3, -0.25) is 9.59 Å². The van der Waals surface area contributed by atoms with Gasteiger partial charge in [0, 0.05) is 0 Å². The highest BCUT2D eigenvalue weighted by molar-refractivity contribution is 5.88. The highest BCUT2D eigenvalue weighted by Crippen LogP contribution is 2.58. The SMILES string of the molecule is CC1(C)[C@H](C(=O)OCc2ccccc2)[C@@H]1C(=O)O. The summed E-state index contributed by atoms with van der Waals surface area (Å²) in [6.07, 6.45) is 0. The monoisotopic (exact) mass is 248 g/mol. The first-order valence-corrected chi connectivity index (χ1v) is 5.88. The fraction of sp³-hybridized carbons (Fsp3) is 0.429. The first-order valence-electron chi connectivity index (χ1n) is 5.88. The highest BCUT2D eigenvalue weighted by Gasteiger charge is 2.66. The third-order valence-electron chi connectivity index (χ3n) is 3.57. The summed E-state index contributed by atoms with van der Waals surface area (Å²) in [5.74, 6) is -2.50. The molecule has 0 saturated heterocycles. The van der Waals surface area contributed by atoms with Crippen LogP contribution in [-0.2, 0) is 20.9 Å². The van der Waals surface area contributed by atoms with Crippen LogP contribution in [0.2, 0.25) is 0 Å². The number of carboxylic acids is 1. The van der Waals surface area contributed by atoms with E-state index >= 15 is 0 Å². The van der Waals surface area contributed by atoms with Gasteiger partial charge in [-0.15, -0.1) is 0 Å². The van der Waals surface area contributed by atoms with Gasteiger partial charge in [-0.1, -0.05) is 44.2 Å². The van der Waals surface area contributed by atoms with Gasteiger partial charge >= 0.3 is 11.9 Å². The van der Waals surface area contributed by atoms with Gasteiger partial charge in [-0.2, -0.15) is 0 Å². The van der Waals surface area contributed by atoms with Crippen LogP contribution in [0.5, 0.6) is 0 Å². The van der Waals surface area contributed by atoms with Gasteiger partial charge in [0.15, 0.2) is 0 Å². The van der Waals surface area contributed by atoms with Gasteiger partial charge in [0.1, 0.15) is 6.61 Å². The lowest BCUT2D eigenvalue weighted by Crippen LogP contribution is -2.11. The Morgan fingerprint density at radius 2 is 1.83 bits per heavy atom. The van der Waals surface area contributed by atoms with E-state index in [1.54, 1.807) is 13.8 Å². The summed E-state index contributed by atoms with van der Waals surface area (Å²) >= 11 is 0. The summed E-state index contributed by atoms with van der Waals surface area (Å²) in [5.41, 5.74) is 0.399. The number of carbonyl (C=O) groups excluding carboxylic acids is 1. The second-order valence-corrected chi connectivity index (χ2v) is 5.21. The number of carbonyl (C=O) groups is 2. The second kappa shape index (κ2) is 4.44. The van der Waals surface area contributed by atoms with Crippen molar-refractivity contribution in [2.45, 2.75) is 20.5 Å². The molecule has 0 unspecified atom stereocenters. The molecule has 1 aliphatic rings. The van der Waals surface area contributed by atoms with Crippen molar-refractivity contribution >= 4 is 11.9 Å². The molecule has 0 bridgehead atoms. The van der Waals surface area contributed by atoms with Crippen LogP contribution < -0.4 is 0 Å².